The van der Waals surface area contributed by atoms with E-state index >= 15 is 0 Å². The van der Waals surface area contributed by atoms with Gasteiger partial charge >= 0.3 is 0 Å². The predicted octanol–water partition coefficient (Wildman–Crippen LogP) is 1.66. The van der Waals surface area contributed by atoms with E-state index in [4.69, 9.17) is 4.74 Å². The van der Waals surface area contributed by atoms with Gasteiger partial charge in [0.2, 0.25) is 5.88 Å². The number of hydrogen-bond acceptors (Lipinski definition) is 6. The monoisotopic (exact) mass is 408 g/mol. The molecule has 0 aromatic carbocycles. The fourth-order valence-electron chi connectivity index (χ4n) is 3.33. The molecule has 7 nitrogen and oxygen atoms in total. The Bertz CT molecular complexity index is 936. The standard InChI is InChI=1S/C23H28N4O3/c1-16-13-27(17(2)15-28)23(29)20-10-19(8-7-18-6-5-9-24-11-18)12-25-22(20)30-21(16)14-26(3)4/h5-6,9-12,16-17,21,28H,13-15H2,1-4H3/t16-,17-,21+/m0/s1. The molecule has 1 aliphatic heterocycles. The summed E-state index contributed by atoms with van der Waals surface area (Å²) in [4.78, 5) is 25.6. The predicted molar refractivity (Wildman–Crippen MR) is 114 cm³/mol. The normalized spacial score (nSPS) is 19.8. The van der Waals surface area contributed by atoms with Crippen molar-refractivity contribution in [2.45, 2.75) is 26.0 Å². The molecule has 3 atom stereocenters. The van der Waals surface area contributed by atoms with Crippen LogP contribution in [0, 0.1) is 17.8 Å². The summed E-state index contributed by atoms with van der Waals surface area (Å²) in [6, 6.07) is 5.09. The van der Waals surface area contributed by atoms with Gasteiger partial charge in [-0.25, -0.2) is 4.98 Å². The Hall–Kier alpha value is -2.95. The number of ether oxygens (including phenoxy) is 1. The first-order valence-corrected chi connectivity index (χ1v) is 10.0. The summed E-state index contributed by atoms with van der Waals surface area (Å²) >= 11 is 0. The van der Waals surface area contributed by atoms with Crippen molar-refractivity contribution in [3.63, 3.8) is 0 Å². The van der Waals surface area contributed by atoms with Crippen LogP contribution in [0.2, 0.25) is 0 Å². The first-order valence-electron chi connectivity index (χ1n) is 10.0. The van der Waals surface area contributed by atoms with E-state index < -0.39 is 0 Å². The van der Waals surface area contributed by atoms with E-state index in [1.807, 2.05) is 33.2 Å². The van der Waals surface area contributed by atoms with E-state index in [-0.39, 0.29) is 30.6 Å². The van der Waals surface area contributed by atoms with Gasteiger partial charge in [0.25, 0.3) is 5.91 Å². The molecule has 0 radical (unpaired) electrons. The summed E-state index contributed by atoms with van der Waals surface area (Å²) in [6.07, 6.45) is 4.85. The second-order valence-corrected chi connectivity index (χ2v) is 7.95. The molecule has 0 bridgehead atoms. The number of hydrogen-bond donors (Lipinski definition) is 1. The van der Waals surface area contributed by atoms with Crippen molar-refractivity contribution in [2.75, 3.05) is 33.8 Å². The van der Waals surface area contributed by atoms with Crippen LogP contribution in [0.5, 0.6) is 5.88 Å². The van der Waals surface area contributed by atoms with Crippen LogP contribution < -0.4 is 4.74 Å². The molecule has 0 unspecified atom stereocenters. The van der Waals surface area contributed by atoms with Gasteiger partial charge in [-0.15, -0.1) is 0 Å². The number of rotatable bonds is 4. The quantitative estimate of drug-likeness (QED) is 0.776. The SMILES string of the molecule is C[C@H]1CN([C@@H](C)CO)C(=O)c2cc(C#Cc3cccnc3)cnc2O[C@@H]1CN(C)C. The Balaban J connectivity index is 2.00. The Morgan fingerprint density at radius 2 is 2.10 bits per heavy atom. The molecule has 0 spiro atoms. The van der Waals surface area contributed by atoms with E-state index in [9.17, 15) is 9.90 Å². The summed E-state index contributed by atoms with van der Waals surface area (Å²) in [5.74, 6) is 6.25. The number of aliphatic hydroxyl groups is 1. The molecule has 30 heavy (non-hydrogen) atoms. The van der Waals surface area contributed by atoms with Crippen LogP contribution in [0.15, 0.2) is 36.8 Å². The molecule has 0 fully saturated rings. The minimum absolute atomic E-state index is 0.0744. The van der Waals surface area contributed by atoms with Crippen LogP contribution >= 0.6 is 0 Å². The highest BCUT2D eigenvalue weighted by atomic mass is 16.5. The maximum absolute atomic E-state index is 13.3. The largest absolute Gasteiger partial charge is 0.472 e. The number of fused-ring (bicyclic) bond motifs is 1. The Morgan fingerprint density at radius 1 is 1.33 bits per heavy atom. The van der Waals surface area contributed by atoms with Gasteiger partial charge < -0.3 is 19.6 Å². The van der Waals surface area contributed by atoms with Gasteiger partial charge in [0.05, 0.1) is 12.6 Å². The zero-order chi connectivity index (χ0) is 21.7. The van der Waals surface area contributed by atoms with E-state index in [2.05, 4.69) is 33.6 Å². The van der Waals surface area contributed by atoms with Crippen molar-refractivity contribution in [2.24, 2.45) is 5.92 Å². The topological polar surface area (TPSA) is 78.8 Å². The molecule has 0 aliphatic carbocycles. The van der Waals surface area contributed by atoms with Crippen molar-refractivity contribution < 1.29 is 14.6 Å². The van der Waals surface area contributed by atoms with Gasteiger partial charge in [0.15, 0.2) is 0 Å². The number of aliphatic hydroxyl groups excluding tert-OH is 1. The highest BCUT2D eigenvalue weighted by Gasteiger charge is 2.33. The summed E-state index contributed by atoms with van der Waals surface area (Å²) in [5, 5.41) is 9.70. The number of carbonyl (C=O) groups is 1. The van der Waals surface area contributed by atoms with Crippen LogP contribution in [0.4, 0.5) is 0 Å². The highest BCUT2D eigenvalue weighted by molar-refractivity contribution is 5.97. The second kappa shape index (κ2) is 9.70. The molecule has 7 heteroatoms. The van der Waals surface area contributed by atoms with Crippen LogP contribution in [0.25, 0.3) is 0 Å². The minimum Gasteiger partial charge on any atom is -0.472 e. The highest BCUT2D eigenvalue weighted by Crippen LogP contribution is 2.27. The average molecular weight is 409 g/mol. The number of amides is 1. The molecule has 1 amide bonds. The fourth-order valence-corrected chi connectivity index (χ4v) is 3.33. The molecule has 3 heterocycles. The third-order valence-electron chi connectivity index (χ3n) is 5.08. The lowest BCUT2D eigenvalue weighted by atomic mass is 10.00. The van der Waals surface area contributed by atoms with Gasteiger partial charge in [-0.2, -0.15) is 0 Å². The Labute approximate surface area is 177 Å². The van der Waals surface area contributed by atoms with Crippen LogP contribution in [0.3, 0.4) is 0 Å². The van der Waals surface area contributed by atoms with E-state index in [0.717, 1.165) is 5.56 Å². The molecular formula is C23H28N4O3. The zero-order valence-electron chi connectivity index (χ0n) is 17.9. The summed E-state index contributed by atoms with van der Waals surface area (Å²) < 4.78 is 6.19. The van der Waals surface area contributed by atoms with Crippen molar-refractivity contribution >= 4 is 5.91 Å². The lowest BCUT2D eigenvalue weighted by Crippen LogP contribution is -2.49. The maximum atomic E-state index is 13.3. The molecule has 1 aliphatic rings. The molecule has 0 saturated heterocycles. The molecule has 158 valence electrons. The molecule has 0 saturated carbocycles. The molecule has 2 aromatic heterocycles. The van der Waals surface area contributed by atoms with Gasteiger partial charge in [-0.3, -0.25) is 9.78 Å². The average Bonchev–Trinajstić information content (AvgIpc) is 2.74. The van der Waals surface area contributed by atoms with Gasteiger partial charge in [-0.05, 0) is 39.2 Å². The molecule has 3 rings (SSSR count). The third kappa shape index (κ3) is 5.15. The van der Waals surface area contributed by atoms with Crippen LogP contribution in [-0.4, -0.2) is 76.7 Å². The summed E-state index contributed by atoms with van der Waals surface area (Å²) in [7, 11) is 3.97. The number of carbonyl (C=O) groups excluding carboxylic acids is 1. The van der Waals surface area contributed by atoms with Crippen molar-refractivity contribution in [3.05, 3.63) is 53.5 Å². The van der Waals surface area contributed by atoms with Gasteiger partial charge in [-0.1, -0.05) is 18.8 Å². The number of nitrogens with zero attached hydrogens (tertiary/aromatic N) is 4. The van der Waals surface area contributed by atoms with Crippen LogP contribution in [-0.2, 0) is 0 Å². The van der Waals surface area contributed by atoms with Crippen molar-refractivity contribution in [1.82, 2.24) is 19.8 Å². The maximum Gasteiger partial charge on any atom is 0.259 e. The van der Waals surface area contributed by atoms with Crippen molar-refractivity contribution in [1.29, 1.82) is 0 Å². The minimum atomic E-state index is -0.309. The van der Waals surface area contributed by atoms with E-state index in [1.165, 1.54) is 0 Å². The summed E-state index contributed by atoms with van der Waals surface area (Å²) in [5.41, 5.74) is 1.76. The Kier molecular flexibility index (Phi) is 7.03. The zero-order valence-corrected chi connectivity index (χ0v) is 17.9. The van der Waals surface area contributed by atoms with E-state index in [0.29, 0.717) is 30.1 Å². The Morgan fingerprint density at radius 3 is 2.77 bits per heavy atom. The second-order valence-electron chi connectivity index (χ2n) is 7.95. The molecule has 2 aromatic rings. The smallest absolute Gasteiger partial charge is 0.259 e. The van der Waals surface area contributed by atoms with Crippen LogP contribution in [0.1, 0.15) is 35.3 Å². The third-order valence-corrected chi connectivity index (χ3v) is 5.08. The van der Waals surface area contributed by atoms with Crippen molar-refractivity contribution in [3.8, 4) is 17.7 Å². The van der Waals surface area contributed by atoms with E-state index in [1.54, 1.807) is 29.6 Å². The molecular weight excluding hydrogens is 380 g/mol. The number of pyridine rings is 2. The molecule has 1 N–H and O–H groups in total. The lowest BCUT2D eigenvalue weighted by Gasteiger charge is -2.37. The lowest BCUT2D eigenvalue weighted by molar-refractivity contribution is 0.0348. The van der Waals surface area contributed by atoms with Gasteiger partial charge in [0, 0.05) is 48.7 Å². The summed E-state index contributed by atoms with van der Waals surface area (Å²) in [6.45, 7) is 4.97. The number of aromatic nitrogens is 2. The number of likely N-dealkylation sites (N-methyl/N-ethyl adjacent to an activating group) is 1. The first kappa shape index (κ1) is 21.8. The fraction of sp³-hybridized carbons (Fsp3) is 0.435. The van der Waals surface area contributed by atoms with Gasteiger partial charge in [0.1, 0.15) is 11.7 Å². The first-order chi connectivity index (χ1) is 14.4.